The Kier molecular flexibility index (Phi) is 3.99. The summed E-state index contributed by atoms with van der Waals surface area (Å²) in [5.74, 6) is 3.45. The summed E-state index contributed by atoms with van der Waals surface area (Å²) in [6.07, 6.45) is 11.4. The molecule has 0 bridgehead atoms. The first-order valence-corrected chi connectivity index (χ1v) is 10.2. The van der Waals surface area contributed by atoms with Gasteiger partial charge in [0.2, 0.25) is 5.95 Å². The Morgan fingerprint density at radius 2 is 2.00 bits per heavy atom. The highest BCUT2D eigenvalue weighted by atomic mass is 79.9. The van der Waals surface area contributed by atoms with Gasteiger partial charge in [0.25, 0.3) is 0 Å². The summed E-state index contributed by atoms with van der Waals surface area (Å²) < 4.78 is 4.66. The first-order chi connectivity index (χ1) is 13.2. The third-order valence-corrected chi connectivity index (χ3v) is 6.21. The Morgan fingerprint density at radius 1 is 1.19 bits per heavy atom. The predicted molar refractivity (Wildman–Crippen MR) is 104 cm³/mol. The van der Waals surface area contributed by atoms with Crippen molar-refractivity contribution >= 4 is 21.7 Å². The number of imidazole rings is 1. The minimum absolute atomic E-state index is 0.177. The van der Waals surface area contributed by atoms with E-state index in [2.05, 4.69) is 52.5 Å². The van der Waals surface area contributed by atoms with Crippen LogP contribution in [0.1, 0.15) is 56.7 Å². The minimum Gasteiger partial charge on any atom is -0.341 e. The van der Waals surface area contributed by atoms with Crippen molar-refractivity contribution in [3.05, 3.63) is 35.0 Å². The number of hydrogen-bond acceptors (Lipinski definition) is 6. The largest absolute Gasteiger partial charge is 0.341 e. The van der Waals surface area contributed by atoms with E-state index in [4.69, 9.17) is 4.98 Å². The second kappa shape index (κ2) is 6.40. The molecule has 3 aromatic rings. The summed E-state index contributed by atoms with van der Waals surface area (Å²) in [4.78, 5) is 16.3. The van der Waals surface area contributed by atoms with Gasteiger partial charge in [0.15, 0.2) is 16.4 Å². The van der Waals surface area contributed by atoms with Crippen molar-refractivity contribution in [3.8, 4) is 11.6 Å². The fraction of sp³-hybridized carbons (Fsp3) is 0.500. The first-order valence-electron chi connectivity index (χ1n) is 9.46. The monoisotopic (exact) mass is 428 g/mol. The van der Waals surface area contributed by atoms with E-state index >= 15 is 0 Å². The van der Waals surface area contributed by atoms with Crippen LogP contribution in [0.2, 0.25) is 0 Å². The molecule has 0 saturated heterocycles. The summed E-state index contributed by atoms with van der Waals surface area (Å²) in [5.41, 5.74) is 0.962. The molecule has 1 aliphatic carbocycles. The Morgan fingerprint density at radius 3 is 2.70 bits per heavy atom. The molecule has 1 unspecified atom stereocenters. The molecular weight excluding hydrogens is 408 g/mol. The van der Waals surface area contributed by atoms with Crippen LogP contribution in [-0.2, 0) is 0 Å². The molecule has 0 N–H and O–H groups in total. The summed E-state index contributed by atoms with van der Waals surface area (Å²) in [5, 5.41) is 8.86. The fourth-order valence-corrected chi connectivity index (χ4v) is 4.80. The van der Waals surface area contributed by atoms with Gasteiger partial charge in [-0.05, 0) is 42.1 Å². The van der Waals surface area contributed by atoms with Crippen molar-refractivity contribution in [1.29, 1.82) is 0 Å². The summed E-state index contributed by atoms with van der Waals surface area (Å²) in [7, 11) is 0. The van der Waals surface area contributed by atoms with E-state index in [1.165, 1.54) is 25.7 Å². The zero-order valence-electron chi connectivity index (χ0n) is 15.4. The van der Waals surface area contributed by atoms with Crippen molar-refractivity contribution in [2.75, 3.05) is 4.90 Å². The predicted octanol–water partition coefficient (Wildman–Crippen LogP) is 3.53. The van der Waals surface area contributed by atoms with Gasteiger partial charge in [-0.2, -0.15) is 4.98 Å². The van der Waals surface area contributed by atoms with Crippen LogP contribution in [-0.4, -0.2) is 40.3 Å². The lowest BCUT2D eigenvalue weighted by molar-refractivity contribution is 0.467. The van der Waals surface area contributed by atoms with E-state index in [-0.39, 0.29) is 6.04 Å². The van der Waals surface area contributed by atoms with Crippen LogP contribution in [0.25, 0.3) is 11.6 Å². The summed E-state index contributed by atoms with van der Waals surface area (Å²) >= 11 is 3.47. The molecule has 2 aliphatic rings. The van der Waals surface area contributed by atoms with Gasteiger partial charge in [0.05, 0.1) is 12.2 Å². The zero-order valence-corrected chi connectivity index (χ0v) is 17.0. The Labute approximate surface area is 165 Å². The third-order valence-electron chi connectivity index (χ3n) is 5.62. The minimum atomic E-state index is 0.177. The molecule has 0 amide bonds. The third kappa shape index (κ3) is 2.51. The molecule has 1 atom stereocenters. The molecule has 4 heterocycles. The van der Waals surface area contributed by atoms with Crippen LogP contribution >= 0.6 is 15.9 Å². The van der Waals surface area contributed by atoms with Crippen LogP contribution in [0.5, 0.6) is 0 Å². The smallest absolute Gasteiger partial charge is 0.237 e. The van der Waals surface area contributed by atoms with Gasteiger partial charge < -0.3 is 4.90 Å². The molecule has 0 aromatic carbocycles. The quantitative estimate of drug-likeness (QED) is 0.634. The second-order valence-corrected chi connectivity index (χ2v) is 7.86. The molecule has 9 heteroatoms. The Balaban J connectivity index is 1.73. The van der Waals surface area contributed by atoms with Gasteiger partial charge in [-0.15, -0.1) is 10.2 Å². The Bertz CT molecular complexity index is 987. The standard InChI is InChI=1S/C18H21BrN8/c1-3-13-16-24-23-11(2)26(16)14-10-21-18(25-9-8-20-17(25)19)22-15(14)27(13)12-6-4-5-7-12/h8-10,12-13H,3-7H2,1-2H3. The average molecular weight is 429 g/mol. The highest BCUT2D eigenvalue weighted by Crippen LogP contribution is 2.43. The molecular formula is C18H21BrN8. The summed E-state index contributed by atoms with van der Waals surface area (Å²) in [6.45, 7) is 4.19. The maximum atomic E-state index is 4.99. The molecule has 8 nitrogen and oxygen atoms in total. The lowest BCUT2D eigenvalue weighted by Crippen LogP contribution is -2.42. The highest BCUT2D eigenvalue weighted by Gasteiger charge is 2.39. The molecule has 0 radical (unpaired) electrons. The van der Waals surface area contributed by atoms with E-state index < -0.39 is 0 Å². The van der Waals surface area contributed by atoms with E-state index in [1.54, 1.807) is 6.20 Å². The van der Waals surface area contributed by atoms with Crippen molar-refractivity contribution in [3.63, 3.8) is 0 Å². The first kappa shape index (κ1) is 16.9. The molecule has 3 aromatic heterocycles. The molecule has 27 heavy (non-hydrogen) atoms. The summed E-state index contributed by atoms with van der Waals surface area (Å²) in [6, 6.07) is 0.657. The molecule has 5 rings (SSSR count). The van der Waals surface area contributed by atoms with Crippen LogP contribution in [0.3, 0.4) is 0 Å². The normalized spacial score (nSPS) is 19.4. The maximum absolute atomic E-state index is 4.99. The lowest BCUT2D eigenvalue weighted by Gasteiger charge is -2.41. The van der Waals surface area contributed by atoms with Crippen molar-refractivity contribution in [1.82, 2.24) is 34.3 Å². The van der Waals surface area contributed by atoms with Crippen molar-refractivity contribution in [2.24, 2.45) is 0 Å². The van der Waals surface area contributed by atoms with E-state index in [0.717, 1.165) is 29.6 Å². The zero-order chi connectivity index (χ0) is 18.5. The average Bonchev–Trinajstić information content (AvgIpc) is 3.42. The number of aryl methyl sites for hydroxylation is 1. The van der Waals surface area contributed by atoms with Crippen molar-refractivity contribution in [2.45, 2.75) is 58.0 Å². The van der Waals surface area contributed by atoms with Gasteiger partial charge in [-0.1, -0.05) is 19.8 Å². The number of hydrogen-bond donors (Lipinski definition) is 0. The number of aromatic nitrogens is 7. The van der Waals surface area contributed by atoms with Crippen LogP contribution < -0.4 is 4.90 Å². The van der Waals surface area contributed by atoms with E-state index in [0.29, 0.717) is 16.7 Å². The number of halogens is 1. The number of rotatable bonds is 3. The Hall–Kier alpha value is -2.29. The van der Waals surface area contributed by atoms with E-state index in [9.17, 15) is 0 Å². The number of anilines is 1. The van der Waals surface area contributed by atoms with Gasteiger partial charge in [-0.25, -0.2) is 9.97 Å². The maximum Gasteiger partial charge on any atom is 0.237 e. The molecule has 1 aliphatic heterocycles. The fourth-order valence-electron chi connectivity index (χ4n) is 4.41. The highest BCUT2D eigenvalue weighted by molar-refractivity contribution is 9.10. The molecule has 0 spiro atoms. The lowest BCUT2D eigenvalue weighted by atomic mass is 10.0. The topological polar surface area (TPSA) is 77.5 Å². The number of fused-ring (bicyclic) bond motifs is 3. The van der Waals surface area contributed by atoms with Crippen molar-refractivity contribution < 1.29 is 0 Å². The second-order valence-electron chi connectivity index (χ2n) is 7.16. The van der Waals surface area contributed by atoms with E-state index in [1.807, 2.05) is 23.9 Å². The van der Waals surface area contributed by atoms with Crippen LogP contribution in [0, 0.1) is 6.92 Å². The molecule has 1 saturated carbocycles. The van der Waals surface area contributed by atoms with Gasteiger partial charge >= 0.3 is 0 Å². The molecule has 140 valence electrons. The molecule has 1 fully saturated rings. The van der Waals surface area contributed by atoms with Crippen LogP contribution in [0.4, 0.5) is 5.82 Å². The van der Waals surface area contributed by atoms with Gasteiger partial charge in [0.1, 0.15) is 11.5 Å². The van der Waals surface area contributed by atoms with Crippen LogP contribution in [0.15, 0.2) is 23.3 Å². The van der Waals surface area contributed by atoms with Gasteiger partial charge in [0, 0.05) is 18.4 Å². The van der Waals surface area contributed by atoms with Gasteiger partial charge in [-0.3, -0.25) is 9.13 Å². The SMILES string of the molecule is CCC1c2nnc(C)n2-c2cnc(-n3ccnc3Br)nc2N1C1CCCC1. The number of nitrogens with zero attached hydrogens (tertiary/aromatic N) is 8.